The van der Waals surface area contributed by atoms with Gasteiger partial charge in [0.05, 0.1) is 19.7 Å². The van der Waals surface area contributed by atoms with Gasteiger partial charge in [0.1, 0.15) is 5.60 Å². The third-order valence-corrected chi connectivity index (χ3v) is 5.02. The predicted octanol–water partition coefficient (Wildman–Crippen LogP) is 1.76. The molecule has 0 aromatic carbocycles. The molecule has 1 N–H and O–H groups in total. The number of hydrogen-bond donors (Lipinski definition) is 1. The molecule has 7 heteroatoms. The SMILES string of the molecule is O=C(NC1CC1)N1CCO[C@]2(CCCN(c3ncccc3F)C2)C1. The molecule has 0 unspecified atom stereocenters. The summed E-state index contributed by atoms with van der Waals surface area (Å²) in [6, 6.07) is 3.38. The van der Waals surface area contributed by atoms with Crippen molar-refractivity contribution in [2.45, 2.75) is 37.3 Å². The molecule has 4 rings (SSSR count). The molecule has 0 bridgehead atoms. The summed E-state index contributed by atoms with van der Waals surface area (Å²) in [7, 11) is 0. The molecule has 3 heterocycles. The van der Waals surface area contributed by atoms with Gasteiger partial charge < -0.3 is 19.9 Å². The fraction of sp³-hybridized carbons (Fsp3) is 0.647. The highest BCUT2D eigenvalue weighted by Gasteiger charge is 2.43. The first-order valence-corrected chi connectivity index (χ1v) is 8.70. The topological polar surface area (TPSA) is 57.7 Å². The quantitative estimate of drug-likeness (QED) is 0.895. The van der Waals surface area contributed by atoms with E-state index in [4.69, 9.17) is 4.74 Å². The average molecular weight is 334 g/mol. The minimum Gasteiger partial charge on any atom is -0.369 e. The average Bonchev–Trinajstić information content (AvgIpc) is 3.39. The molecule has 1 atom stereocenters. The second-order valence-corrected chi connectivity index (χ2v) is 7.01. The lowest BCUT2D eigenvalue weighted by molar-refractivity contribution is -0.103. The van der Waals surface area contributed by atoms with E-state index < -0.39 is 5.60 Å². The van der Waals surface area contributed by atoms with E-state index in [0.717, 1.165) is 32.2 Å². The lowest BCUT2D eigenvalue weighted by Gasteiger charge is -2.48. The second-order valence-electron chi connectivity index (χ2n) is 7.01. The Kier molecular flexibility index (Phi) is 4.04. The summed E-state index contributed by atoms with van der Waals surface area (Å²) in [5.41, 5.74) is -0.429. The third kappa shape index (κ3) is 3.17. The molecule has 2 saturated heterocycles. The molecular formula is C17H23FN4O2. The van der Waals surface area contributed by atoms with E-state index in [1.54, 1.807) is 12.3 Å². The summed E-state index contributed by atoms with van der Waals surface area (Å²) < 4.78 is 20.2. The van der Waals surface area contributed by atoms with Gasteiger partial charge in [-0.2, -0.15) is 0 Å². The number of urea groups is 1. The van der Waals surface area contributed by atoms with Gasteiger partial charge in [-0.25, -0.2) is 14.2 Å². The van der Waals surface area contributed by atoms with Gasteiger partial charge in [0.2, 0.25) is 0 Å². The first-order chi connectivity index (χ1) is 11.7. The van der Waals surface area contributed by atoms with Crippen LogP contribution in [0.2, 0.25) is 0 Å². The highest BCUT2D eigenvalue weighted by molar-refractivity contribution is 5.75. The zero-order chi connectivity index (χ0) is 16.6. The number of hydrogen-bond acceptors (Lipinski definition) is 4. The first kappa shape index (κ1) is 15.6. The van der Waals surface area contributed by atoms with Gasteiger partial charge in [-0.15, -0.1) is 0 Å². The minimum atomic E-state index is -0.429. The van der Waals surface area contributed by atoms with Crippen molar-refractivity contribution in [3.8, 4) is 0 Å². The number of aromatic nitrogens is 1. The van der Waals surface area contributed by atoms with Crippen molar-refractivity contribution < 1.29 is 13.9 Å². The van der Waals surface area contributed by atoms with Crippen molar-refractivity contribution in [1.82, 2.24) is 15.2 Å². The van der Waals surface area contributed by atoms with E-state index in [1.807, 2.05) is 9.80 Å². The van der Waals surface area contributed by atoms with Gasteiger partial charge in [0, 0.05) is 25.3 Å². The molecule has 130 valence electrons. The van der Waals surface area contributed by atoms with Crippen molar-refractivity contribution in [3.05, 3.63) is 24.1 Å². The Bertz CT molecular complexity index is 620. The van der Waals surface area contributed by atoms with Crippen LogP contribution in [0, 0.1) is 5.82 Å². The van der Waals surface area contributed by atoms with Gasteiger partial charge in [-0.1, -0.05) is 0 Å². The Morgan fingerprint density at radius 2 is 2.25 bits per heavy atom. The molecule has 1 aromatic heterocycles. The summed E-state index contributed by atoms with van der Waals surface area (Å²) in [6.07, 6.45) is 5.54. The van der Waals surface area contributed by atoms with Gasteiger partial charge in [-0.05, 0) is 37.8 Å². The van der Waals surface area contributed by atoms with Gasteiger partial charge in [0.15, 0.2) is 11.6 Å². The van der Waals surface area contributed by atoms with Crippen LogP contribution in [0.4, 0.5) is 15.0 Å². The highest BCUT2D eigenvalue weighted by Crippen LogP contribution is 2.32. The lowest BCUT2D eigenvalue weighted by Crippen LogP contribution is -2.62. The van der Waals surface area contributed by atoms with Crippen molar-refractivity contribution in [1.29, 1.82) is 0 Å². The van der Waals surface area contributed by atoms with E-state index in [9.17, 15) is 9.18 Å². The number of carbonyl (C=O) groups is 1. The molecule has 2 amide bonds. The van der Waals surface area contributed by atoms with Crippen LogP contribution in [0.1, 0.15) is 25.7 Å². The second kappa shape index (κ2) is 6.20. The third-order valence-electron chi connectivity index (χ3n) is 5.02. The smallest absolute Gasteiger partial charge is 0.317 e. The van der Waals surface area contributed by atoms with E-state index in [2.05, 4.69) is 10.3 Å². The zero-order valence-electron chi connectivity index (χ0n) is 13.7. The monoisotopic (exact) mass is 334 g/mol. The lowest BCUT2D eigenvalue weighted by atomic mass is 9.90. The molecule has 1 aliphatic carbocycles. The van der Waals surface area contributed by atoms with Gasteiger partial charge in [-0.3, -0.25) is 0 Å². The van der Waals surface area contributed by atoms with E-state index >= 15 is 0 Å². The van der Waals surface area contributed by atoms with Gasteiger partial charge in [0.25, 0.3) is 0 Å². The number of piperidine rings is 1. The fourth-order valence-electron chi connectivity index (χ4n) is 3.65. The largest absolute Gasteiger partial charge is 0.369 e. The van der Waals surface area contributed by atoms with Crippen molar-refractivity contribution >= 4 is 11.8 Å². The minimum absolute atomic E-state index is 0.00122. The summed E-state index contributed by atoms with van der Waals surface area (Å²) in [5, 5.41) is 3.04. The Hall–Kier alpha value is -1.89. The van der Waals surface area contributed by atoms with Crippen LogP contribution in [0.5, 0.6) is 0 Å². The van der Waals surface area contributed by atoms with Crippen LogP contribution in [-0.2, 0) is 4.74 Å². The Balaban J connectivity index is 1.47. The number of carbonyl (C=O) groups excluding carboxylic acids is 1. The molecule has 2 aliphatic heterocycles. The summed E-state index contributed by atoms with van der Waals surface area (Å²) >= 11 is 0. The summed E-state index contributed by atoms with van der Waals surface area (Å²) in [6.45, 7) is 3.01. The van der Waals surface area contributed by atoms with E-state index in [0.29, 0.717) is 38.1 Å². The van der Waals surface area contributed by atoms with Gasteiger partial charge >= 0.3 is 6.03 Å². The maximum absolute atomic E-state index is 14.1. The summed E-state index contributed by atoms with van der Waals surface area (Å²) in [5.74, 6) is 0.0634. The van der Waals surface area contributed by atoms with Crippen molar-refractivity contribution in [2.24, 2.45) is 0 Å². The number of morpholine rings is 1. The predicted molar refractivity (Wildman–Crippen MR) is 87.5 cm³/mol. The Morgan fingerprint density at radius 3 is 3.04 bits per heavy atom. The number of amides is 2. The fourth-order valence-corrected chi connectivity index (χ4v) is 3.65. The van der Waals surface area contributed by atoms with E-state index in [1.165, 1.54) is 6.07 Å². The number of pyridine rings is 1. The molecule has 1 spiro atoms. The molecule has 24 heavy (non-hydrogen) atoms. The molecule has 1 saturated carbocycles. The van der Waals surface area contributed by atoms with Crippen LogP contribution >= 0.6 is 0 Å². The molecule has 6 nitrogen and oxygen atoms in total. The molecule has 3 fully saturated rings. The molecular weight excluding hydrogens is 311 g/mol. The van der Waals surface area contributed by atoms with Crippen molar-refractivity contribution in [2.75, 3.05) is 37.7 Å². The Labute approximate surface area is 141 Å². The van der Waals surface area contributed by atoms with Crippen LogP contribution in [0.3, 0.4) is 0 Å². The number of ether oxygens (including phenoxy) is 1. The zero-order valence-corrected chi connectivity index (χ0v) is 13.7. The number of nitrogens with zero attached hydrogens (tertiary/aromatic N) is 3. The molecule has 1 aromatic rings. The van der Waals surface area contributed by atoms with Crippen LogP contribution < -0.4 is 10.2 Å². The Morgan fingerprint density at radius 1 is 1.38 bits per heavy atom. The maximum Gasteiger partial charge on any atom is 0.317 e. The standard InChI is InChI=1S/C17H23FN4O2/c18-14-3-1-7-19-15(14)21-8-2-6-17(11-21)12-22(9-10-24-17)16(23)20-13-4-5-13/h1,3,7,13H,2,4-6,8-12H2,(H,20,23)/t17-/m0/s1. The normalized spacial score (nSPS) is 27.4. The maximum atomic E-state index is 14.1. The van der Waals surface area contributed by atoms with Crippen molar-refractivity contribution in [3.63, 3.8) is 0 Å². The molecule has 3 aliphatic rings. The number of anilines is 1. The van der Waals surface area contributed by atoms with E-state index in [-0.39, 0.29) is 11.8 Å². The van der Waals surface area contributed by atoms with Crippen LogP contribution in [-0.4, -0.2) is 60.3 Å². The number of nitrogens with one attached hydrogen (secondary N) is 1. The van der Waals surface area contributed by atoms with Crippen LogP contribution in [0.15, 0.2) is 18.3 Å². The number of halogens is 1. The van der Waals surface area contributed by atoms with Crippen LogP contribution in [0.25, 0.3) is 0 Å². The first-order valence-electron chi connectivity index (χ1n) is 8.70. The number of rotatable bonds is 2. The molecule has 0 radical (unpaired) electrons. The summed E-state index contributed by atoms with van der Waals surface area (Å²) in [4.78, 5) is 20.3. The highest BCUT2D eigenvalue weighted by atomic mass is 19.1.